The summed E-state index contributed by atoms with van der Waals surface area (Å²) in [5.41, 5.74) is 10.9. The third-order valence-corrected chi connectivity index (χ3v) is 5.01. The van der Waals surface area contributed by atoms with Gasteiger partial charge in [-0.3, -0.25) is 4.98 Å². The average Bonchev–Trinajstić information content (AvgIpc) is 3.20. The number of aryl methyl sites for hydroxylation is 1. The number of fused-ring (bicyclic) bond motifs is 1. The van der Waals surface area contributed by atoms with Crippen molar-refractivity contribution < 1.29 is 4.74 Å². The molecule has 2 aliphatic heterocycles. The van der Waals surface area contributed by atoms with Crippen LogP contribution in [0.2, 0.25) is 0 Å². The van der Waals surface area contributed by atoms with Gasteiger partial charge in [-0.2, -0.15) is 4.98 Å². The molecule has 0 saturated carbocycles. The zero-order valence-corrected chi connectivity index (χ0v) is 13.1. The van der Waals surface area contributed by atoms with Crippen molar-refractivity contribution >= 4 is 34.8 Å². The van der Waals surface area contributed by atoms with Crippen molar-refractivity contribution in [1.82, 2.24) is 15.0 Å². The van der Waals surface area contributed by atoms with E-state index in [9.17, 15) is 0 Å². The number of nitrogen functional groups attached to an aromatic ring is 1. The van der Waals surface area contributed by atoms with E-state index in [2.05, 4.69) is 25.9 Å². The van der Waals surface area contributed by atoms with Crippen LogP contribution in [0.15, 0.2) is 11.7 Å². The molecule has 0 spiro atoms. The minimum absolute atomic E-state index is 0.329. The second-order valence-corrected chi connectivity index (χ2v) is 6.47. The molecule has 114 valence electrons. The fourth-order valence-corrected chi connectivity index (χ4v) is 3.68. The summed E-state index contributed by atoms with van der Waals surface area (Å²) < 4.78 is 5.57. The first-order valence-corrected chi connectivity index (χ1v) is 8.18. The Morgan fingerprint density at radius 1 is 1.41 bits per heavy atom. The first kappa shape index (κ1) is 13.7. The van der Waals surface area contributed by atoms with Gasteiger partial charge in [0.2, 0.25) is 5.95 Å². The van der Waals surface area contributed by atoms with E-state index in [0.717, 1.165) is 43.3 Å². The third-order valence-electron chi connectivity index (χ3n) is 4.16. The lowest BCUT2D eigenvalue weighted by atomic mass is 10.0. The normalized spacial score (nSPS) is 20.9. The molecule has 0 amide bonds. The molecule has 4 heterocycles. The molecule has 1 atom stereocenters. The van der Waals surface area contributed by atoms with E-state index in [1.54, 1.807) is 11.3 Å². The lowest BCUT2D eigenvalue weighted by molar-refractivity contribution is 0.193. The number of hydrogen-bond acceptors (Lipinski definition) is 7. The van der Waals surface area contributed by atoms with Crippen LogP contribution in [-0.4, -0.2) is 40.8 Å². The molecule has 0 bridgehead atoms. The van der Waals surface area contributed by atoms with Gasteiger partial charge in [0.15, 0.2) is 0 Å². The zero-order chi connectivity index (χ0) is 15.1. The molecule has 0 unspecified atom stereocenters. The SMILES string of the molecule is Cc1nc(N)nc2c1C=C(c1cncs1)CN2[C@@H]1CCOC1. The topological polar surface area (TPSA) is 77.2 Å². The fraction of sp³-hybridized carbons (Fsp3) is 0.400. The van der Waals surface area contributed by atoms with Crippen molar-refractivity contribution in [2.75, 3.05) is 30.4 Å². The smallest absolute Gasteiger partial charge is 0.222 e. The van der Waals surface area contributed by atoms with Crippen molar-refractivity contribution in [3.63, 3.8) is 0 Å². The second kappa shape index (κ2) is 5.33. The van der Waals surface area contributed by atoms with E-state index in [4.69, 9.17) is 10.5 Å². The van der Waals surface area contributed by atoms with Gasteiger partial charge < -0.3 is 15.4 Å². The summed E-state index contributed by atoms with van der Waals surface area (Å²) in [6.07, 6.45) is 5.10. The van der Waals surface area contributed by atoms with Crippen molar-refractivity contribution in [1.29, 1.82) is 0 Å². The highest BCUT2D eigenvalue weighted by Gasteiger charge is 2.31. The lowest BCUT2D eigenvalue weighted by Gasteiger charge is -2.34. The van der Waals surface area contributed by atoms with Crippen LogP contribution in [0.5, 0.6) is 0 Å². The number of hydrogen-bond donors (Lipinski definition) is 1. The minimum atomic E-state index is 0.329. The summed E-state index contributed by atoms with van der Waals surface area (Å²) in [7, 11) is 0. The van der Waals surface area contributed by atoms with Gasteiger partial charge in [-0.15, -0.1) is 11.3 Å². The highest BCUT2D eigenvalue weighted by atomic mass is 32.1. The highest BCUT2D eigenvalue weighted by Crippen LogP contribution is 2.36. The van der Waals surface area contributed by atoms with E-state index < -0.39 is 0 Å². The summed E-state index contributed by atoms with van der Waals surface area (Å²) in [5.74, 6) is 1.25. The molecule has 7 heteroatoms. The number of rotatable bonds is 2. The van der Waals surface area contributed by atoms with Gasteiger partial charge in [-0.25, -0.2) is 4.98 Å². The molecule has 2 N–H and O–H groups in total. The quantitative estimate of drug-likeness (QED) is 0.913. The Labute approximate surface area is 132 Å². The minimum Gasteiger partial charge on any atom is -0.379 e. The molecular formula is C15H17N5OS. The number of aromatic nitrogens is 3. The van der Waals surface area contributed by atoms with Crippen LogP contribution in [-0.2, 0) is 4.74 Å². The second-order valence-electron chi connectivity index (χ2n) is 5.59. The van der Waals surface area contributed by atoms with Crippen LogP contribution in [0.4, 0.5) is 11.8 Å². The van der Waals surface area contributed by atoms with Crippen molar-refractivity contribution in [3.05, 3.63) is 27.8 Å². The Morgan fingerprint density at radius 2 is 2.32 bits per heavy atom. The third kappa shape index (κ3) is 2.26. The van der Waals surface area contributed by atoms with E-state index in [-0.39, 0.29) is 0 Å². The molecule has 0 radical (unpaired) electrons. The van der Waals surface area contributed by atoms with E-state index >= 15 is 0 Å². The molecule has 2 aliphatic rings. The Hall–Kier alpha value is -1.99. The van der Waals surface area contributed by atoms with Crippen LogP contribution < -0.4 is 10.6 Å². The van der Waals surface area contributed by atoms with Crippen molar-refractivity contribution in [2.45, 2.75) is 19.4 Å². The first-order chi connectivity index (χ1) is 10.7. The van der Waals surface area contributed by atoms with Gasteiger partial charge in [0.05, 0.1) is 28.7 Å². The van der Waals surface area contributed by atoms with Crippen LogP contribution in [0.25, 0.3) is 11.6 Å². The molecule has 4 rings (SSSR count). The number of thiazole rings is 1. The number of anilines is 2. The van der Waals surface area contributed by atoms with E-state index in [1.807, 2.05) is 18.6 Å². The predicted octanol–water partition coefficient (Wildman–Crippen LogP) is 1.97. The molecule has 2 aromatic heterocycles. The van der Waals surface area contributed by atoms with Gasteiger partial charge in [0, 0.05) is 24.9 Å². The standard InChI is InChI=1S/C15H17N5OS/c1-9-12-4-10(13-5-17-8-22-13)6-20(11-2-3-21-7-11)14(12)19-15(16)18-9/h4-5,8,11H,2-3,6-7H2,1H3,(H2,16,18,19)/t11-/m1/s1. The van der Waals surface area contributed by atoms with Gasteiger partial charge >= 0.3 is 0 Å². The van der Waals surface area contributed by atoms with Crippen molar-refractivity contribution in [3.8, 4) is 0 Å². The zero-order valence-electron chi connectivity index (χ0n) is 12.3. The molecule has 2 aromatic rings. The molecule has 0 aromatic carbocycles. The van der Waals surface area contributed by atoms with Crippen LogP contribution in [0, 0.1) is 6.92 Å². The summed E-state index contributed by atoms with van der Waals surface area (Å²) in [6.45, 7) is 4.32. The van der Waals surface area contributed by atoms with Crippen LogP contribution in [0.3, 0.4) is 0 Å². The first-order valence-electron chi connectivity index (χ1n) is 7.30. The average molecular weight is 315 g/mol. The molecule has 1 fully saturated rings. The molecule has 22 heavy (non-hydrogen) atoms. The van der Waals surface area contributed by atoms with Crippen LogP contribution >= 0.6 is 11.3 Å². The molecular weight excluding hydrogens is 298 g/mol. The Kier molecular flexibility index (Phi) is 3.31. The van der Waals surface area contributed by atoms with Gasteiger partial charge in [-0.1, -0.05) is 0 Å². The number of nitrogens with two attached hydrogens (primary N) is 1. The maximum Gasteiger partial charge on any atom is 0.222 e. The number of nitrogens with zero attached hydrogens (tertiary/aromatic N) is 4. The van der Waals surface area contributed by atoms with E-state index in [0.29, 0.717) is 12.0 Å². The Morgan fingerprint density at radius 3 is 3.05 bits per heavy atom. The number of ether oxygens (including phenoxy) is 1. The lowest BCUT2D eigenvalue weighted by Crippen LogP contribution is -2.39. The van der Waals surface area contributed by atoms with Gasteiger partial charge in [0.25, 0.3) is 0 Å². The van der Waals surface area contributed by atoms with Gasteiger partial charge in [-0.05, 0) is 25.0 Å². The monoisotopic (exact) mass is 315 g/mol. The Bertz CT molecular complexity index is 722. The Balaban J connectivity index is 1.84. The van der Waals surface area contributed by atoms with E-state index in [1.165, 1.54) is 10.5 Å². The maximum atomic E-state index is 5.86. The predicted molar refractivity (Wildman–Crippen MR) is 87.7 cm³/mol. The summed E-state index contributed by atoms with van der Waals surface area (Å²) in [5, 5.41) is 0. The summed E-state index contributed by atoms with van der Waals surface area (Å²) >= 11 is 1.65. The van der Waals surface area contributed by atoms with Crippen LogP contribution in [0.1, 0.15) is 22.6 Å². The highest BCUT2D eigenvalue weighted by molar-refractivity contribution is 7.10. The molecule has 0 aliphatic carbocycles. The summed E-state index contributed by atoms with van der Waals surface area (Å²) in [4.78, 5) is 16.5. The maximum absolute atomic E-state index is 5.86. The van der Waals surface area contributed by atoms with Crippen molar-refractivity contribution in [2.24, 2.45) is 0 Å². The fourth-order valence-electron chi connectivity index (χ4n) is 3.05. The van der Waals surface area contributed by atoms with Gasteiger partial charge in [0.1, 0.15) is 5.82 Å². The largest absolute Gasteiger partial charge is 0.379 e. The molecule has 6 nitrogen and oxygen atoms in total. The summed E-state index contributed by atoms with van der Waals surface area (Å²) in [6, 6.07) is 0.337. The molecule has 1 saturated heterocycles.